The third kappa shape index (κ3) is 1.52. The molecule has 1 aromatic rings. The average Bonchev–Trinajstić information content (AvgIpc) is 2.16. The van der Waals surface area contributed by atoms with Crippen LogP contribution < -0.4 is 10.1 Å². The number of hydrogen-bond acceptors (Lipinski definition) is 2. The molecule has 0 spiro atoms. The summed E-state index contributed by atoms with van der Waals surface area (Å²) in [5.74, 6) is 0.454. The molecule has 0 amide bonds. The predicted molar refractivity (Wildman–Crippen MR) is 48.4 cm³/mol. The molecule has 0 fully saturated rings. The average molecular weight is 181 g/mol. The molecule has 0 atom stereocenters. The smallest absolute Gasteiger partial charge is 0.127 e. The highest BCUT2D eigenvalue weighted by Crippen LogP contribution is 2.26. The van der Waals surface area contributed by atoms with Crippen molar-refractivity contribution in [1.29, 1.82) is 0 Å². The van der Waals surface area contributed by atoms with Gasteiger partial charge in [-0.15, -0.1) is 0 Å². The van der Waals surface area contributed by atoms with E-state index < -0.39 is 0 Å². The van der Waals surface area contributed by atoms with E-state index in [1.54, 1.807) is 13.2 Å². The lowest BCUT2D eigenvalue weighted by atomic mass is 10.00. The van der Waals surface area contributed by atoms with Gasteiger partial charge in [-0.25, -0.2) is 4.39 Å². The quantitative estimate of drug-likeness (QED) is 0.708. The zero-order chi connectivity index (χ0) is 9.26. The molecule has 0 saturated heterocycles. The third-order valence-electron chi connectivity index (χ3n) is 2.35. The number of hydrogen-bond donors (Lipinski definition) is 1. The number of halogens is 1. The number of ether oxygens (including phenoxy) is 1. The van der Waals surface area contributed by atoms with Gasteiger partial charge in [0.05, 0.1) is 7.11 Å². The molecular formula is C10H12FNO. The van der Waals surface area contributed by atoms with Gasteiger partial charge in [-0.3, -0.25) is 0 Å². The number of rotatable bonds is 1. The van der Waals surface area contributed by atoms with Gasteiger partial charge in [0.2, 0.25) is 0 Å². The second-order valence-electron chi connectivity index (χ2n) is 3.17. The molecule has 2 nitrogen and oxygen atoms in total. The summed E-state index contributed by atoms with van der Waals surface area (Å²) < 4.78 is 18.2. The number of methoxy groups -OCH3 is 1. The van der Waals surface area contributed by atoms with Gasteiger partial charge in [0.1, 0.15) is 11.6 Å². The number of fused-ring (bicyclic) bond motifs is 1. The lowest BCUT2D eigenvalue weighted by Gasteiger charge is -2.19. The molecule has 1 N–H and O–H groups in total. The van der Waals surface area contributed by atoms with Crippen LogP contribution >= 0.6 is 0 Å². The second kappa shape index (κ2) is 3.34. The van der Waals surface area contributed by atoms with Crippen molar-refractivity contribution in [2.45, 2.75) is 13.0 Å². The molecule has 0 saturated carbocycles. The molecule has 1 aromatic carbocycles. The minimum Gasteiger partial charge on any atom is -0.496 e. The van der Waals surface area contributed by atoms with Crippen LogP contribution in [0.15, 0.2) is 12.1 Å². The Balaban J connectivity index is 2.50. The Morgan fingerprint density at radius 1 is 1.46 bits per heavy atom. The number of benzene rings is 1. The van der Waals surface area contributed by atoms with Gasteiger partial charge in [0, 0.05) is 18.2 Å². The first-order chi connectivity index (χ1) is 6.31. The fourth-order valence-electron chi connectivity index (χ4n) is 1.73. The summed E-state index contributed by atoms with van der Waals surface area (Å²) in [6.07, 6.45) is 0.915. The molecule has 0 bridgehead atoms. The summed E-state index contributed by atoms with van der Waals surface area (Å²) >= 11 is 0. The molecule has 1 aliphatic rings. The Morgan fingerprint density at radius 3 is 3.08 bits per heavy atom. The van der Waals surface area contributed by atoms with Gasteiger partial charge in [-0.05, 0) is 24.6 Å². The Morgan fingerprint density at radius 2 is 2.31 bits per heavy atom. The van der Waals surface area contributed by atoms with Crippen LogP contribution in [0.1, 0.15) is 11.1 Å². The van der Waals surface area contributed by atoms with Crippen LogP contribution in [0.25, 0.3) is 0 Å². The minimum atomic E-state index is -0.223. The normalized spacial score (nSPS) is 15.2. The first kappa shape index (κ1) is 8.51. The summed E-state index contributed by atoms with van der Waals surface area (Å²) in [6.45, 7) is 1.68. The van der Waals surface area contributed by atoms with Gasteiger partial charge in [-0.1, -0.05) is 0 Å². The van der Waals surface area contributed by atoms with Crippen molar-refractivity contribution < 1.29 is 9.13 Å². The Hall–Kier alpha value is -1.09. The SMILES string of the molecule is COc1cc(F)cc2c1CCNC2. The molecule has 1 heterocycles. The van der Waals surface area contributed by atoms with Gasteiger partial charge in [-0.2, -0.15) is 0 Å². The van der Waals surface area contributed by atoms with E-state index in [1.165, 1.54) is 6.07 Å². The molecule has 0 radical (unpaired) electrons. The van der Waals surface area contributed by atoms with Crippen LogP contribution in [0.4, 0.5) is 4.39 Å². The van der Waals surface area contributed by atoms with Crippen molar-refractivity contribution in [3.63, 3.8) is 0 Å². The highest BCUT2D eigenvalue weighted by Gasteiger charge is 2.14. The Labute approximate surface area is 76.7 Å². The third-order valence-corrected chi connectivity index (χ3v) is 2.35. The molecule has 0 unspecified atom stereocenters. The van der Waals surface area contributed by atoms with Crippen molar-refractivity contribution in [3.05, 3.63) is 29.1 Å². The zero-order valence-corrected chi connectivity index (χ0v) is 7.56. The van der Waals surface area contributed by atoms with E-state index in [2.05, 4.69) is 5.32 Å². The minimum absolute atomic E-state index is 0.223. The topological polar surface area (TPSA) is 21.3 Å². The van der Waals surface area contributed by atoms with Crippen molar-refractivity contribution in [1.82, 2.24) is 5.32 Å². The molecule has 13 heavy (non-hydrogen) atoms. The first-order valence-corrected chi connectivity index (χ1v) is 4.37. The van der Waals surface area contributed by atoms with Crippen LogP contribution in [0.5, 0.6) is 5.75 Å². The molecule has 1 aliphatic heterocycles. The van der Waals surface area contributed by atoms with Crippen molar-refractivity contribution >= 4 is 0 Å². The predicted octanol–water partition coefficient (Wildman–Crippen LogP) is 1.48. The number of nitrogens with one attached hydrogen (secondary N) is 1. The highest BCUT2D eigenvalue weighted by molar-refractivity contribution is 5.42. The van der Waals surface area contributed by atoms with Gasteiger partial charge >= 0.3 is 0 Å². The van der Waals surface area contributed by atoms with Gasteiger partial charge in [0.15, 0.2) is 0 Å². The molecular weight excluding hydrogens is 169 g/mol. The van der Waals surface area contributed by atoms with E-state index in [1.807, 2.05) is 0 Å². The summed E-state index contributed by atoms with van der Waals surface area (Å²) in [5.41, 5.74) is 2.16. The summed E-state index contributed by atoms with van der Waals surface area (Å²) in [5, 5.41) is 3.20. The van der Waals surface area contributed by atoms with Gasteiger partial charge in [0.25, 0.3) is 0 Å². The van der Waals surface area contributed by atoms with Crippen LogP contribution in [0.2, 0.25) is 0 Å². The van der Waals surface area contributed by atoms with Gasteiger partial charge < -0.3 is 10.1 Å². The first-order valence-electron chi connectivity index (χ1n) is 4.37. The monoisotopic (exact) mass is 181 g/mol. The van der Waals surface area contributed by atoms with E-state index in [-0.39, 0.29) is 5.82 Å². The fraction of sp³-hybridized carbons (Fsp3) is 0.400. The lowest BCUT2D eigenvalue weighted by molar-refractivity contribution is 0.402. The second-order valence-corrected chi connectivity index (χ2v) is 3.17. The Kier molecular flexibility index (Phi) is 2.19. The summed E-state index contributed by atoms with van der Waals surface area (Å²) in [6, 6.07) is 3.02. The van der Waals surface area contributed by atoms with Crippen molar-refractivity contribution in [2.75, 3.05) is 13.7 Å². The van der Waals surface area contributed by atoms with Crippen molar-refractivity contribution in [2.24, 2.45) is 0 Å². The van der Waals surface area contributed by atoms with Crippen molar-refractivity contribution in [3.8, 4) is 5.75 Å². The maximum Gasteiger partial charge on any atom is 0.127 e. The molecule has 3 heteroatoms. The Bertz CT molecular complexity index is 308. The van der Waals surface area contributed by atoms with E-state index in [9.17, 15) is 4.39 Å². The highest BCUT2D eigenvalue weighted by atomic mass is 19.1. The fourth-order valence-corrected chi connectivity index (χ4v) is 1.73. The molecule has 70 valence electrons. The summed E-state index contributed by atoms with van der Waals surface area (Å²) in [7, 11) is 1.58. The maximum absolute atomic E-state index is 13.0. The van der Waals surface area contributed by atoms with E-state index in [0.717, 1.165) is 30.6 Å². The van der Waals surface area contributed by atoms with Crippen LogP contribution in [0, 0.1) is 5.82 Å². The molecule has 2 rings (SSSR count). The van der Waals surface area contributed by atoms with E-state index in [4.69, 9.17) is 4.74 Å². The standard InChI is InChI=1S/C10H12FNO/c1-13-10-5-8(11)4-7-6-12-3-2-9(7)10/h4-5,12H,2-3,6H2,1H3. The zero-order valence-electron chi connectivity index (χ0n) is 7.56. The van der Waals surface area contributed by atoms with E-state index in [0.29, 0.717) is 5.75 Å². The van der Waals surface area contributed by atoms with E-state index >= 15 is 0 Å². The van der Waals surface area contributed by atoms with Crippen LogP contribution in [-0.4, -0.2) is 13.7 Å². The maximum atomic E-state index is 13.0. The molecule has 0 aromatic heterocycles. The van der Waals surface area contributed by atoms with Crippen LogP contribution in [-0.2, 0) is 13.0 Å². The largest absolute Gasteiger partial charge is 0.496 e. The lowest BCUT2D eigenvalue weighted by Crippen LogP contribution is -2.24. The molecule has 0 aliphatic carbocycles. The summed E-state index contributed by atoms with van der Waals surface area (Å²) in [4.78, 5) is 0. The van der Waals surface area contributed by atoms with Crippen LogP contribution in [0.3, 0.4) is 0 Å².